The fourth-order valence-electron chi connectivity index (χ4n) is 0.387. The number of aliphatic hydroxyl groups excluding tert-OH is 1. The van der Waals surface area contributed by atoms with Crippen molar-refractivity contribution in [2.75, 3.05) is 0 Å². The summed E-state index contributed by atoms with van der Waals surface area (Å²) in [5.41, 5.74) is 0.796. The van der Waals surface area contributed by atoms with E-state index in [-0.39, 0.29) is 0 Å². The van der Waals surface area contributed by atoms with E-state index in [9.17, 15) is 4.79 Å². The maximum absolute atomic E-state index is 9.94. The highest BCUT2D eigenvalue weighted by Gasteiger charge is 2.07. The van der Waals surface area contributed by atoms with Gasteiger partial charge in [-0.05, 0) is 19.9 Å². The number of rotatable bonds is 2. The van der Waals surface area contributed by atoms with Crippen molar-refractivity contribution in [3.63, 3.8) is 0 Å². The summed E-state index contributed by atoms with van der Waals surface area (Å²) >= 11 is 0. The average Bonchev–Trinajstić information content (AvgIpc) is 1.63. The highest BCUT2D eigenvalue weighted by Crippen LogP contribution is 1.93. The Morgan fingerprint density at radius 3 is 2.11 bits per heavy atom. The van der Waals surface area contributed by atoms with Gasteiger partial charge >= 0.3 is 5.97 Å². The van der Waals surface area contributed by atoms with Gasteiger partial charge in [-0.15, -0.1) is 0 Å². The number of aliphatic hydroxyl groups is 1. The summed E-state index contributed by atoms with van der Waals surface area (Å²) in [5.74, 6) is -1.21. The van der Waals surface area contributed by atoms with Crippen LogP contribution in [0, 0.1) is 0 Å². The van der Waals surface area contributed by atoms with Gasteiger partial charge in [-0.3, -0.25) is 0 Å². The Morgan fingerprint density at radius 1 is 1.56 bits per heavy atom. The van der Waals surface area contributed by atoms with Gasteiger partial charge in [0.1, 0.15) is 0 Å². The number of carboxylic acid groups (broad SMARTS) is 1. The molecule has 0 bridgehead atoms. The molecule has 0 aliphatic carbocycles. The van der Waals surface area contributed by atoms with E-state index in [1.807, 2.05) is 0 Å². The van der Waals surface area contributed by atoms with Gasteiger partial charge in [-0.25, -0.2) is 4.79 Å². The molecular weight excluding hydrogens is 120 g/mol. The number of allylic oxidation sites excluding steroid dienone is 1. The first-order valence-electron chi connectivity index (χ1n) is 2.60. The molecule has 0 saturated carbocycles. The summed E-state index contributed by atoms with van der Waals surface area (Å²) in [6.45, 7) is 3.46. The minimum atomic E-state index is -1.35. The Morgan fingerprint density at radius 2 is 2.00 bits per heavy atom. The molecule has 9 heavy (non-hydrogen) atoms. The lowest BCUT2D eigenvalue weighted by Gasteiger charge is -1.96. The molecule has 0 aromatic carbocycles. The molecule has 52 valence electrons. The number of carboxylic acids is 1. The molecule has 0 aromatic heterocycles. The van der Waals surface area contributed by atoms with Crippen LogP contribution in [-0.2, 0) is 4.79 Å². The molecule has 0 aromatic rings. The van der Waals surface area contributed by atoms with Crippen molar-refractivity contribution in [1.82, 2.24) is 0 Å². The van der Waals surface area contributed by atoms with Crippen LogP contribution in [0.5, 0.6) is 0 Å². The number of hydrogen-bond donors (Lipinski definition) is 2. The van der Waals surface area contributed by atoms with Gasteiger partial charge in [0.15, 0.2) is 6.10 Å². The molecule has 0 aliphatic rings. The van der Waals surface area contributed by atoms with Crippen molar-refractivity contribution in [1.29, 1.82) is 0 Å². The van der Waals surface area contributed by atoms with Crippen LogP contribution in [0.4, 0.5) is 0 Å². The van der Waals surface area contributed by atoms with Gasteiger partial charge in [0.05, 0.1) is 0 Å². The number of hydrogen-bond acceptors (Lipinski definition) is 2. The molecular formula is C6H10O3. The van der Waals surface area contributed by atoms with Crippen LogP contribution in [0.1, 0.15) is 13.8 Å². The van der Waals surface area contributed by atoms with Crippen molar-refractivity contribution in [3.8, 4) is 0 Å². The summed E-state index contributed by atoms with van der Waals surface area (Å²) in [6.07, 6.45) is -0.0718. The molecule has 0 rings (SSSR count). The predicted molar refractivity (Wildman–Crippen MR) is 33.1 cm³/mol. The zero-order valence-electron chi connectivity index (χ0n) is 5.46. The Hall–Kier alpha value is -0.830. The first-order chi connectivity index (χ1) is 4.04. The predicted octanol–water partition coefficient (Wildman–Crippen LogP) is 0.398. The molecule has 0 amide bonds. The monoisotopic (exact) mass is 130 g/mol. The smallest absolute Gasteiger partial charge is 0.336 e. The fraction of sp³-hybridized carbons (Fsp3) is 0.500. The van der Waals surface area contributed by atoms with E-state index < -0.39 is 12.1 Å². The van der Waals surface area contributed by atoms with Gasteiger partial charge < -0.3 is 10.2 Å². The molecule has 0 fully saturated rings. The third-order valence-corrected chi connectivity index (χ3v) is 0.744. The molecule has 3 nitrogen and oxygen atoms in total. The average molecular weight is 130 g/mol. The standard InChI is InChI=1S/C6H10O3/c1-4(2)3-5(7)6(8)9/h3,5,7H,1-2H3,(H,8,9). The van der Waals surface area contributed by atoms with E-state index in [2.05, 4.69) is 0 Å². The van der Waals surface area contributed by atoms with E-state index >= 15 is 0 Å². The molecule has 0 heterocycles. The molecule has 1 atom stereocenters. The third kappa shape index (κ3) is 3.73. The van der Waals surface area contributed by atoms with Crippen LogP contribution in [0.2, 0.25) is 0 Å². The highest BCUT2D eigenvalue weighted by atomic mass is 16.4. The van der Waals surface area contributed by atoms with Gasteiger partial charge in [0, 0.05) is 0 Å². The van der Waals surface area contributed by atoms with E-state index in [1.54, 1.807) is 13.8 Å². The lowest BCUT2D eigenvalue weighted by molar-refractivity contribution is -0.144. The highest BCUT2D eigenvalue weighted by molar-refractivity contribution is 5.74. The Bertz CT molecular complexity index is 133. The summed E-state index contributed by atoms with van der Waals surface area (Å²) in [5, 5.41) is 16.8. The second kappa shape index (κ2) is 3.25. The molecule has 0 radical (unpaired) electrons. The van der Waals surface area contributed by atoms with E-state index in [4.69, 9.17) is 10.2 Å². The largest absolute Gasteiger partial charge is 0.479 e. The van der Waals surface area contributed by atoms with Crippen molar-refractivity contribution in [3.05, 3.63) is 11.6 Å². The number of carbonyl (C=O) groups is 1. The van der Waals surface area contributed by atoms with E-state index in [0.29, 0.717) is 0 Å². The fourth-order valence-corrected chi connectivity index (χ4v) is 0.387. The Labute approximate surface area is 53.6 Å². The molecule has 2 N–H and O–H groups in total. The van der Waals surface area contributed by atoms with Crippen LogP contribution >= 0.6 is 0 Å². The molecule has 1 unspecified atom stereocenters. The van der Waals surface area contributed by atoms with Crippen LogP contribution in [0.25, 0.3) is 0 Å². The first-order valence-corrected chi connectivity index (χ1v) is 2.60. The summed E-state index contributed by atoms with van der Waals surface area (Å²) in [4.78, 5) is 9.94. The minimum Gasteiger partial charge on any atom is -0.479 e. The maximum Gasteiger partial charge on any atom is 0.336 e. The van der Waals surface area contributed by atoms with Gasteiger partial charge in [-0.2, -0.15) is 0 Å². The van der Waals surface area contributed by atoms with Crippen molar-refractivity contribution < 1.29 is 15.0 Å². The zero-order chi connectivity index (χ0) is 7.44. The van der Waals surface area contributed by atoms with E-state index in [1.165, 1.54) is 6.08 Å². The Kier molecular flexibility index (Phi) is 2.95. The molecule has 0 saturated heterocycles. The van der Waals surface area contributed by atoms with Crippen molar-refractivity contribution in [2.45, 2.75) is 20.0 Å². The first kappa shape index (κ1) is 8.17. The van der Waals surface area contributed by atoms with Gasteiger partial charge in [0.2, 0.25) is 0 Å². The Balaban J connectivity index is 3.91. The van der Waals surface area contributed by atoms with E-state index in [0.717, 1.165) is 5.57 Å². The van der Waals surface area contributed by atoms with Crippen LogP contribution in [0.3, 0.4) is 0 Å². The third-order valence-electron chi connectivity index (χ3n) is 0.744. The SMILES string of the molecule is CC(C)=CC(O)C(=O)O. The topological polar surface area (TPSA) is 57.5 Å². The number of aliphatic carboxylic acids is 1. The van der Waals surface area contributed by atoms with Crippen LogP contribution in [0.15, 0.2) is 11.6 Å². The summed E-state index contributed by atoms with van der Waals surface area (Å²) in [6, 6.07) is 0. The molecule has 0 aliphatic heterocycles. The van der Waals surface area contributed by atoms with Crippen molar-refractivity contribution in [2.24, 2.45) is 0 Å². The van der Waals surface area contributed by atoms with Crippen LogP contribution < -0.4 is 0 Å². The molecule has 3 heteroatoms. The van der Waals surface area contributed by atoms with Crippen molar-refractivity contribution >= 4 is 5.97 Å². The van der Waals surface area contributed by atoms with Crippen LogP contribution in [-0.4, -0.2) is 22.3 Å². The lowest BCUT2D eigenvalue weighted by atomic mass is 10.2. The van der Waals surface area contributed by atoms with Gasteiger partial charge in [-0.1, -0.05) is 5.57 Å². The zero-order valence-corrected chi connectivity index (χ0v) is 5.46. The normalized spacial score (nSPS) is 12.3. The quantitative estimate of drug-likeness (QED) is 0.532. The molecule has 0 spiro atoms. The van der Waals surface area contributed by atoms with Gasteiger partial charge in [0.25, 0.3) is 0 Å². The second-order valence-electron chi connectivity index (χ2n) is 2.03. The maximum atomic E-state index is 9.94. The minimum absolute atomic E-state index is 0.796. The lowest BCUT2D eigenvalue weighted by Crippen LogP contribution is -2.16. The second-order valence-corrected chi connectivity index (χ2v) is 2.03. The summed E-state index contributed by atoms with van der Waals surface area (Å²) < 4.78 is 0. The summed E-state index contributed by atoms with van der Waals surface area (Å²) in [7, 11) is 0.